The second-order valence-corrected chi connectivity index (χ2v) is 10.4. The Kier molecular flexibility index (Phi) is 5.23. The van der Waals surface area contributed by atoms with Gasteiger partial charge in [0.05, 0.1) is 11.9 Å². The third-order valence-electron chi connectivity index (χ3n) is 6.06. The molecule has 1 heterocycles. The Morgan fingerprint density at radius 1 is 0.903 bits per heavy atom. The summed E-state index contributed by atoms with van der Waals surface area (Å²) in [5.74, 6) is -19.6. The maximum atomic E-state index is 13.6. The molecular weight excluding hydrogens is 442 g/mol. The highest BCUT2D eigenvalue weighted by atomic mass is 32.2. The molecule has 2 aliphatic rings. The number of rotatable bonds is 4. The van der Waals surface area contributed by atoms with Crippen molar-refractivity contribution in [2.24, 2.45) is 5.73 Å². The van der Waals surface area contributed by atoms with Gasteiger partial charge >= 0.3 is 0 Å². The van der Waals surface area contributed by atoms with Crippen LogP contribution in [-0.4, -0.2) is 112 Å². The highest BCUT2D eigenvalue weighted by Gasteiger charge is 2.91. The van der Waals surface area contributed by atoms with E-state index in [9.17, 15) is 60.4 Å². The first-order chi connectivity index (χ1) is 13.9. The summed E-state index contributed by atoms with van der Waals surface area (Å²) in [5.41, 5.74) is -2.09. The Morgan fingerprint density at radius 2 is 1.45 bits per heavy atom. The zero-order valence-corrected chi connectivity index (χ0v) is 16.7. The van der Waals surface area contributed by atoms with E-state index in [2.05, 4.69) is 0 Å². The minimum atomic E-state index is -4.66. The standard InChI is InChI=1S/C17H25NO12S/c18-5-4-11(19)9-2-1-3-10(6-9)31(30)7-12(20)13(21,8-31)15(24,25)17(28,29)16(26,27)14(12,22)23/h1-3,6-7,11,19-29H,4-5,8,18H2. The fourth-order valence-corrected chi connectivity index (χ4v) is 7.01. The lowest BCUT2D eigenvalue weighted by atomic mass is 9.60. The van der Waals surface area contributed by atoms with Crippen molar-refractivity contribution in [3.63, 3.8) is 0 Å². The molecule has 0 saturated heterocycles. The van der Waals surface area contributed by atoms with Crippen molar-refractivity contribution in [1.29, 1.82) is 0 Å². The molecular formula is C17H25NO12S. The van der Waals surface area contributed by atoms with Crippen molar-refractivity contribution in [3.05, 3.63) is 29.8 Å². The van der Waals surface area contributed by atoms with Crippen LogP contribution in [0.15, 0.2) is 29.2 Å². The molecule has 1 saturated carbocycles. The van der Waals surface area contributed by atoms with E-state index in [4.69, 9.17) is 5.73 Å². The van der Waals surface area contributed by atoms with E-state index in [1.807, 2.05) is 0 Å². The van der Waals surface area contributed by atoms with Gasteiger partial charge in [0.2, 0.25) is 0 Å². The average Bonchev–Trinajstić information content (AvgIpc) is 2.90. The summed E-state index contributed by atoms with van der Waals surface area (Å²) in [5, 5.41) is 113. The summed E-state index contributed by atoms with van der Waals surface area (Å²) in [7, 11) is -4.00. The highest BCUT2D eigenvalue weighted by molar-refractivity contribution is 8.01. The van der Waals surface area contributed by atoms with Crippen LogP contribution >= 0.6 is 0 Å². The van der Waals surface area contributed by atoms with Gasteiger partial charge in [-0.1, -0.05) is 12.1 Å². The zero-order valence-electron chi connectivity index (χ0n) is 15.9. The molecule has 13 N–H and O–H groups in total. The van der Waals surface area contributed by atoms with E-state index in [0.717, 1.165) is 6.07 Å². The summed E-state index contributed by atoms with van der Waals surface area (Å²) in [6.07, 6.45) is -0.984. The fourth-order valence-electron chi connectivity index (χ4n) is 4.02. The lowest BCUT2D eigenvalue weighted by Crippen LogP contribution is -2.95. The van der Waals surface area contributed by atoms with Crippen molar-refractivity contribution in [3.8, 4) is 0 Å². The van der Waals surface area contributed by atoms with Gasteiger partial charge in [-0.2, -0.15) is 0 Å². The van der Waals surface area contributed by atoms with Gasteiger partial charge in [0.15, 0.2) is 11.2 Å². The molecule has 0 amide bonds. The largest absolute Gasteiger partial charge is 0.388 e. The molecule has 1 aromatic carbocycles. The van der Waals surface area contributed by atoms with Gasteiger partial charge in [-0.05, 0) is 30.7 Å². The van der Waals surface area contributed by atoms with Crippen LogP contribution in [0, 0.1) is 0 Å². The summed E-state index contributed by atoms with van der Waals surface area (Å²) in [6, 6.07) is 5.10. The lowest BCUT2D eigenvalue weighted by Gasteiger charge is -2.62. The Morgan fingerprint density at radius 3 is 2.00 bits per heavy atom. The highest BCUT2D eigenvalue weighted by Crippen LogP contribution is 2.57. The molecule has 1 aliphatic heterocycles. The number of benzene rings is 1. The summed E-state index contributed by atoms with van der Waals surface area (Å²) < 4.78 is 13.6. The number of fused-ring (bicyclic) bond motifs is 1. The topological polar surface area (TPSA) is 266 Å². The van der Waals surface area contributed by atoms with Crippen molar-refractivity contribution in [1.82, 2.24) is 0 Å². The quantitative estimate of drug-likeness (QED) is 0.145. The maximum Gasteiger partial charge on any atom is 0.283 e. The number of nitrogens with two attached hydrogens (primary N) is 1. The SMILES string of the molecule is NCCC(O)c1cccc(S2(=O)=CC3(O)C(O)(O)C(O)(O)C(O)(O)C(O)(O)C3(O)C2)c1. The van der Waals surface area contributed by atoms with Crippen LogP contribution in [0.25, 0.3) is 0 Å². The van der Waals surface area contributed by atoms with Gasteiger partial charge in [0.25, 0.3) is 23.1 Å². The van der Waals surface area contributed by atoms with E-state index >= 15 is 0 Å². The Bertz CT molecular complexity index is 1010. The monoisotopic (exact) mass is 467 g/mol. The number of aliphatic hydroxyl groups excluding tert-OH is 1. The number of aliphatic hydroxyl groups is 11. The Hall–Kier alpha value is -1.24. The summed E-state index contributed by atoms with van der Waals surface area (Å²) >= 11 is 0. The van der Waals surface area contributed by atoms with Gasteiger partial charge in [-0.25, -0.2) is 0 Å². The molecule has 3 rings (SSSR count). The van der Waals surface area contributed by atoms with Crippen LogP contribution in [0.4, 0.5) is 0 Å². The molecule has 31 heavy (non-hydrogen) atoms. The second-order valence-electron chi connectivity index (χ2n) is 7.97. The molecule has 13 nitrogen and oxygen atoms in total. The number of hydrogen-bond acceptors (Lipinski definition) is 13. The molecule has 4 atom stereocenters. The van der Waals surface area contributed by atoms with Crippen LogP contribution in [0.2, 0.25) is 0 Å². The first-order valence-electron chi connectivity index (χ1n) is 8.96. The van der Waals surface area contributed by atoms with Crippen molar-refractivity contribution < 1.29 is 60.4 Å². The van der Waals surface area contributed by atoms with Gasteiger partial charge in [-0.15, -0.1) is 0 Å². The summed E-state index contributed by atoms with van der Waals surface area (Å²) in [6.45, 7) is 0.103. The van der Waals surface area contributed by atoms with Crippen LogP contribution in [0.5, 0.6) is 0 Å². The van der Waals surface area contributed by atoms with Crippen molar-refractivity contribution >= 4 is 14.9 Å². The van der Waals surface area contributed by atoms with E-state index in [-0.39, 0.29) is 28.8 Å². The smallest absolute Gasteiger partial charge is 0.283 e. The van der Waals surface area contributed by atoms with Gasteiger partial charge in [-0.3, -0.25) is 4.21 Å². The zero-order chi connectivity index (χ0) is 23.9. The molecule has 4 unspecified atom stereocenters. The fraction of sp³-hybridized carbons (Fsp3) is 0.588. The molecule has 14 heteroatoms. The van der Waals surface area contributed by atoms with Crippen molar-refractivity contribution in [2.45, 2.75) is 51.8 Å². The first-order valence-corrected chi connectivity index (χ1v) is 10.7. The van der Waals surface area contributed by atoms with Crippen LogP contribution in [-0.2, 0) is 9.52 Å². The molecule has 176 valence electrons. The third kappa shape index (κ3) is 2.67. The van der Waals surface area contributed by atoms with E-state index in [0.29, 0.717) is 0 Å². The normalized spacial score (nSPS) is 38.2. The average molecular weight is 467 g/mol. The molecule has 1 aliphatic carbocycles. The van der Waals surface area contributed by atoms with Gasteiger partial charge in [0.1, 0.15) is 0 Å². The van der Waals surface area contributed by atoms with E-state index in [1.165, 1.54) is 18.2 Å². The minimum absolute atomic E-state index is 0.103. The number of hydrogen-bond donors (Lipinski definition) is 12. The Labute approximate surface area is 175 Å². The van der Waals surface area contributed by atoms with Crippen LogP contribution in [0.1, 0.15) is 18.1 Å². The van der Waals surface area contributed by atoms with Gasteiger partial charge < -0.3 is 61.9 Å². The minimum Gasteiger partial charge on any atom is -0.388 e. The predicted octanol–water partition coefficient (Wildman–Crippen LogP) is -6.27. The van der Waals surface area contributed by atoms with Gasteiger partial charge in [0, 0.05) is 19.8 Å². The van der Waals surface area contributed by atoms with E-state index < -0.39 is 55.7 Å². The molecule has 0 aromatic heterocycles. The third-order valence-corrected chi connectivity index (χ3v) is 8.68. The molecule has 0 bridgehead atoms. The first kappa shape index (κ1) is 24.4. The van der Waals surface area contributed by atoms with E-state index in [1.54, 1.807) is 0 Å². The molecule has 1 fully saturated rings. The summed E-state index contributed by atoms with van der Waals surface area (Å²) in [4.78, 5) is -0.244. The van der Waals surface area contributed by atoms with Crippen LogP contribution < -0.4 is 5.73 Å². The molecule has 0 spiro atoms. The molecule has 0 radical (unpaired) electrons. The molecule has 1 aromatic rings. The Balaban J connectivity index is 2.27. The van der Waals surface area contributed by atoms with Crippen molar-refractivity contribution in [2.75, 3.05) is 12.3 Å². The predicted molar refractivity (Wildman–Crippen MR) is 101 cm³/mol. The maximum absolute atomic E-state index is 13.6. The van der Waals surface area contributed by atoms with Crippen LogP contribution in [0.3, 0.4) is 0 Å². The second kappa shape index (κ2) is 6.64. The lowest BCUT2D eigenvalue weighted by molar-refractivity contribution is -0.575.